The largest absolute Gasteiger partial charge is 0.379 e. The van der Waals surface area contributed by atoms with Crippen molar-refractivity contribution < 1.29 is 9.53 Å². The molecule has 0 aliphatic rings. The molecule has 0 radical (unpaired) electrons. The number of hydrogen-bond acceptors (Lipinski definition) is 4. The number of amides is 1. The van der Waals surface area contributed by atoms with Gasteiger partial charge in [0, 0.05) is 26.4 Å². The Bertz CT molecular complexity index is 1020. The van der Waals surface area contributed by atoms with Crippen LogP contribution >= 0.6 is 0 Å². The summed E-state index contributed by atoms with van der Waals surface area (Å²) in [5.74, 6) is -0.222. The molecule has 0 spiro atoms. The van der Waals surface area contributed by atoms with Crippen molar-refractivity contribution >= 4 is 22.6 Å². The van der Waals surface area contributed by atoms with Crippen LogP contribution in [0.2, 0.25) is 0 Å². The van der Waals surface area contributed by atoms with Crippen molar-refractivity contribution in [3.8, 4) is 0 Å². The van der Waals surface area contributed by atoms with E-state index in [1.165, 1.54) is 4.40 Å². The number of hydrogen-bond donors (Lipinski definition) is 1. The Morgan fingerprint density at radius 3 is 2.85 bits per heavy atom. The molecule has 26 heavy (non-hydrogen) atoms. The fourth-order valence-corrected chi connectivity index (χ4v) is 2.93. The number of nitrogens with zero attached hydrogens (tertiary/aromatic N) is 3. The van der Waals surface area contributed by atoms with Gasteiger partial charge < -0.3 is 14.6 Å². The van der Waals surface area contributed by atoms with Crippen molar-refractivity contribution in [1.82, 2.24) is 19.3 Å². The number of fused-ring (bicyclic) bond motifs is 2. The number of pyridine rings is 1. The number of aromatic nitrogens is 3. The Kier molecular flexibility index (Phi) is 5.08. The molecular formula is C19H24N4O3. The molecule has 0 saturated heterocycles. The summed E-state index contributed by atoms with van der Waals surface area (Å²) >= 11 is 0. The van der Waals surface area contributed by atoms with Crippen LogP contribution in [0.3, 0.4) is 0 Å². The minimum absolute atomic E-state index is 0.173. The monoisotopic (exact) mass is 356 g/mol. The summed E-state index contributed by atoms with van der Waals surface area (Å²) in [6, 6.07) is 5.33. The molecule has 0 aliphatic heterocycles. The first kappa shape index (κ1) is 18.1. The van der Waals surface area contributed by atoms with Gasteiger partial charge in [-0.1, -0.05) is 6.07 Å². The molecule has 1 amide bonds. The van der Waals surface area contributed by atoms with Crippen molar-refractivity contribution in [2.45, 2.75) is 33.3 Å². The van der Waals surface area contributed by atoms with Gasteiger partial charge in [0.1, 0.15) is 17.0 Å². The molecule has 0 fully saturated rings. The molecule has 7 nitrogen and oxygen atoms in total. The highest BCUT2D eigenvalue weighted by molar-refractivity contribution is 5.98. The quantitative estimate of drug-likeness (QED) is 0.686. The number of ether oxygens (including phenoxy) is 1. The first-order chi connectivity index (χ1) is 12.4. The first-order valence-corrected chi connectivity index (χ1v) is 8.77. The smallest absolute Gasteiger partial charge is 0.267 e. The Balaban J connectivity index is 1.88. The lowest BCUT2D eigenvalue weighted by atomic mass is 10.3. The normalized spacial score (nSPS) is 11.6. The molecule has 0 aliphatic carbocycles. The molecule has 7 heteroatoms. The molecule has 0 aromatic carbocycles. The van der Waals surface area contributed by atoms with Crippen LogP contribution in [0.15, 0.2) is 29.2 Å². The summed E-state index contributed by atoms with van der Waals surface area (Å²) in [6.45, 7) is 6.97. The Hall–Kier alpha value is -2.67. The van der Waals surface area contributed by atoms with Crippen molar-refractivity contribution in [2.75, 3.05) is 13.2 Å². The van der Waals surface area contributed by atoms with E-state index in [-0.39, 0.29) is 17.6 Å². The van der Waals surface area contributed by atoms with Gasteiger partial charge in [0.15, 0.2) is 0 Å². The Morgan fingerprint density at radius 2 is 2.12 bits per heavy atom. The van der Waals surface area contributed by atoms with Gasteiger partial charge in [-0.05, 0) is 44.9 Å². The van der Waals surface area contributed by atoms with Crippen molar-refractivity contribution in [2.24, 2.45) is 7.05 Å². The minimum atomic E-state index is -0.222. The van der Waals surface area contributed by atoms with Crippen LogP contribution in [-0.4, -0.2) is 39.1 Å². The van der Waals surface area contributed by atoms with Crippen LogP contribution in [-0.2, 0) is 11.8 Å². The van der Waals surface area contributed by atoms with Crippen LogP contribution in [0.25, 0.3) is 16.7 Å². The Morgan fingerprint density at radius 1 is 1.35 bits per heavy atom. The summed E-state index contributed by atoms with van der Waals surface area (Å²) in [6.07, 6.45) is 2.61. The predicted octanol–water partition coefficient (Wildman–Crippen LogP) is 2.04. The lowest BCUT2D eigenvalue weighted by molar-refractivity contribution is 0.0756. The fraction of sp³-hybridized carbons (Fsp3) is 0.421. The van der Waals surface area contributed by atoms with Gasteiger partial charge in [-0.15, -0.1) is 0 Å². The third kappa shape index (κ3) is 3.35. The minimum Gasteiger partial charge on any atom is -0.379 e. The van der Waals surface area contributed by atoms with Crippen molar-refractivity contribution in [1.29, 1.82) is 0 Å². The van der Waals surface area contributed by atoms with Crippen molar-refractivity contribution in [3.05, 3.63) is 46.0 Å². The van der Waals surface area contributed by atoms with E-state index in [0.717, 1.165) is 12.0 Å². The van der Waals surface area contributed by atoms with Gasteiger partial charge in [-0.2, -0.15) is 0 Å². The molecule has 1 N–H and O–H groups in total. The highest BCUT2D eigenvalue weighted by Gasteiger charge is 2.17. The maximum absolute atomic E-state index is 12.8. The van der Waals surface area contributed by atoms with Gasteiger partial charge in [0.25, 0.3) is 11.5 Å². The maximum Gasteiger partial charge on any atom is 0.267 e. The molecule has 0 unspecified atom stereocenters. The molecule has 3 rings (SSSR count). The zero-order valence-electron chi connectivity index (χ0n) is 15.6. The number of aryl methyl sites for hydroxylation is 2. The summed E-state index contributed by atoms with van der Waals surface area (Å²) < 4.78 is 8.65. The topological polar surface area (TPSA) is 77.6 Å². The van der Waals surface area contributed by atoms with Gasteiger partial charge >= 0.3 is 0 Å². The number of nitrogens with one attached hydrogen (secondary N) is 1. The van der Waals surface area contributed by atoms with E-state index in [4.69, 9.17) is 4.74 Å². The molecule has 3 aromatic heterocycles. The van der Waals surface area contributed by atoms with Crippen molar-refractivity contribution in [3.63, 3.8) is 0 Å². The third-order valence-electron chi connectivity index (χ3n) is 4.31. The average Bonchev–Trinajstić information content (AvgIpc) is 2.93. The summed E-state index contributed by atoms with van der Waals surface area (Å²) in [5.41, 5.74) is 2.27. The van der Waals surface area contributed by atoms with Gasteiger partial charge in [0.05, 0.1) is 11.5 Å². The van der Waals surface area contributed by atoms with Crippen LogP contribution in [0.5, 0.6) is 0 Å². The SMILES string of the molecule is Cc1cccn2c(=O)c3cc(C(=O)NCCCOC(C)C)n(C)c3nc12. The summed E-state index contributed by atoms with van der Waals surface area (Å²) in [5, 5.41) is 3.30. The zero-order chi connectivity index (χ0) is 18.8. The first-order valence-electron chi connectivity index (χ1n) is 8.77. The van der Waals surface area contributed by atoms with E-state index in [1.54, 1.807) is 23.9 Å². The maximum atomic E-state index is 12.8. The van der Waals surface area contributed by atoms with E-state index in [0.29, 0.717) is 35.5 Å². The second-order valence-electron chi connectivity index (χ2n) is 6.66. The van der Waals surface area contributed by atoms with E-state index in [1.807, 2.05) is 32.9 Å². The van der Waals surface area contributed by atoms with E-state index in [2.05, 4.69) is 10.3 Å². The average molecular weight is 356 g/mol. The second-order valence-corrected chi connectivity index (χ2v) is 6.66. The fourth-order valence-electron chi connectivity index (χ4n) is 2.93. The summed E-state index contributed by atoms with van der Waals surface area (Å²) in [4.78, 5) is 29.8. The van der Waals surface area contributed by atoms with E-state index >= 15 is 0 Å². The lowest BCUT2D eigenvalue weighted by Gasteiger charge is -2.09. The third-order valence-corrected chi connectivity index (χ3v) is 4.31. The molecular weight excluding hydrogens is 332 g/mol. The van der Waals surface area contributed by atoms with Crippen LogP contribution < -0.4 is 10.9 Å². The van der Waals surface area contributed by atoms with Gasteiger partial charge in [0.2, 0.25) is 0 Å². The number of carbonyl (C=O) groups excluding carboxylic acids is 1. The number of rotatable bonds is 6. The highest BCUT2D eigenvalue weighted by atomic mass is 16.5. The lowest BCUT2D eigenvalue weighted by Crippen LogP contribution is -2.27. The van der Waals surface area contributed by atoms with Crippen LogP contribution in [0.4, 0.5) is 0 Å². The predicted molar refractivity (Wildman–Crippen MR) is 101 cm³/mol. The molecule has 0 atom stereocenters. The van der Waals surface area contributed by atoms with Crippen LogP contribution in [0, 0.1) is 6.92 Å². The molecule has 3 aromatic rings. The second kappa shape index (κ2) is 7.29. The van der Waals surface area contributed by atoms with E-state index in [9.17, 15) is 9.59 Å². The van der Waals surface area contributed by atoms with Gasteiger partial charge in [-0.3, -0.25) is 14.0 Å². The molecule has 0 saturated carbocycles. The van der Waals surface area contributed by atoms with E-state index < -0.39 is 0 Å². The standard InChI is InChI=1S/C19H24N4O3/c1-12(2)26-10-6-8-20-18(24)15-11-14-17(22(15)4)21-16-13(3)7-5-9-23(16)19(14)25/h5,7,9,11-12H,6,8,10H2,1-4H3,(H,20,24). The zero-order valence-corrected chi connectivity index (χ0v) is 15.6. The summed E-state index contributed by atoms with van der Waals surface area (Å²) in [7, 11) is 1.75. The number of carbonyl (C=O) groups is 1. The molecule has 138 valence electrons. The Labute approximate surface area is 151 Å². The highest BCUT2D eigenvalue weighted by Crippen LogP contribution is 2.16. The molecule has 3 heterocycles. The molecule has 0 bridgehead atoms. The van der Waals surface area contributed by atoms with Crippen LogP contribution in [0.1, 0.15) is 36.3 Å². The van der Waals surface area contributed by atoms with Gasteiger partial charge in [-0.25, -0.2) is 4.98 Å².